The van der Waals surface area contributed by atoms with Gasteiger partial charge in [-0.15, -0.1) is 0 Å². The minimum absolute atomic E-state index is 0.0763. The van der Waals surface area contributed by atoms with E-state index < -0.39 is 15.8 Å². The van der Waals surface area contributed by atoms with Gasteiger partial charge in [0.2, 0.25) is 10.0 Å². The van der Waals surface area contributed by atoms with Crippen molar-refractivity contribution in [2.24, 2.45) is 0 Å². The molecule has 0 bridgehead atoms. The first-order chi connectivity index (χ1) is 9.20. The highest BCUT2D eigenvalue weighted by Crippen LogP contribution is 2.27. The minimum Gasteiger partial charge on any atom is -0.396 e. The molecule has 0 aliphatic carbocycles. The molecule has 0 aliphatic heterocycles. The number of benzene rings is 1. The number of nitrogens with one attached hydrogen (secondary N) is 1. The number of aryl methyl sites for hydroxylation is 1. The van der Waals surface area contributed by atoms with Crippen molar-refractivity contribution in [3.8, 4) is 0 Å². The summed E-state index contributed by atoms with van der Waals surface area (Å²) in [6.45, 7) is 4.90. The molecule has 1 atom stereocenters. The third kappa shape index (κ3) is 3.86. The second-order valence-corrected chi connectivity index (χ2v) is 7.48. The quantitative estimate of drug-likeness (QED) is 0.790. The summed E-state index contributed by atoms with van der Waals surface area (Å²) >= 11 is 1.66. The van der Waals surface area contributed by atoms with E-state index in [9.17, 15) is 12.8 Å². The smallest absolute Gasteiger partial charge is 0.241 e. The molecule has 20 heavy (non-hydrogen) atoms. The predicted molar refractivity (Wildman–Crippen MR) is 83.1 cm³/mol. The second kappa shape index (κ2) is 6.78. The Labute approximate surface area is 124 Å². The van der Waals surface area contributed by atoms with Crippen LogP contribution in [-0.2, 0) is 10.0 Å². The van der Waals surface area contributed by atoms with Crippen LogP contribution in [-0.4, -0.2) is 26.5 Å². The maximum atomic E-state index is 13.5. The Morgan fingerprint density at radius 3 is 2.60 bits per heavy atom. The van der Waals surface area contributed by atoms with Crippen molar-refractivity contribution >= 4 is 27.5 Å². The summed E-state index contributed by atoms with van der Waals surface area (Å²) in [5.74, 6) is 0.280. The van der Waals surface area contributed by atoms with Gasteiger partial charge in [0.1, 0.15) is 5.82 Å². The number of thioether (sulfide) groups is 1. The van der Waals surface area contributed by atoms with Crippen molar-refractivity contribution in [1.82, 2.24) is 4.72 Å². The Kier molecular flexibility index (Phi) is 5.85. The first kappa shape index (κ1) is 17.3. The number of halogens is 1. The van der Waals surface area contributed by atoms with E-state index in [0.717, 1.165) is 18.2 Å². The van der Waals surface area contributed by atoms with Crippen molar-refractivity contribution in [2.75, 3.05) is 17.7 Å². The largest absolute Gasteiger partial charge is 0.396 e. The number of hydrogen-bond donors (Lipinski definition) is 2. The van der Waals surface area contributed by atoms with E-state index in [1.165, 1.54) is 6.92 Å². The molecular weight excluding hydrogens is 299 g/mol. The van der Waals surface area contributed by atoms with Crippen LogP contribution in [0, 0.1) is 19.7 Å². The van der Waals surface area contributed by atoms with Gasteiger partial charge in [-0.3, -0.25) is 0 Å². The molecule has 0 amide bonds. The van der Waals surface area contributed by atoms with Gasteiger partial charge < -0.3 is 5.73 Å². The normalized spacial score (nSPS) is 13.4. The van der Waals surface area contributed by atoms with Gasteiger partial charge in [-0.25, -0.2) is 17.5 Å². The van der Waals surface area contributed by atoms with Crippen LogP contribution in [0.2, 0.25) is 0 Å². The lowest BCUT2D eigenvalue weighted by molar-refractivity contribution is 0.555. The lowest BCUT2D eigenvalue weighted by atomic mass is 10.1. The van der Waals surface area contributed by atoms with Crippen LogP contribution < -0.4 is 10.5 Å². The van der Waals surface area contributed by atoms with Crippen LogP contribution in [0.1, 0.15) is 24.5 Å². The lowest BCUT2D eigenvalue weighted by Crippen LogP contribution is -2.34. The Bertz CT molecular complexity index is 589. The molecule has 7 heteroatoms. The molecule has 0 aliphatic rings. The van der Waals surface area contributed by atoms with Gasteiger partial charge >= 0.3 is 0 Å². The highest BCUT2D eigenvalue weighted by Gasteiger charge is 2.24. The van der Waals surface area contributed by atoms with Crippen molar-refractivity contribution in [3.05, 3.63) is 23.0 Å². The minimum atomic E-state index is -3.70. The molecule has 4 nitrogen and oxygen atoms in total. The molecule has 3 N–H and O–H groups in total. The van der Waals surface area contributed by atoms with E-state index in [4.69, 9.17) is 5.73 Å². The van der Waals surface area contributed by atoms with E-state index in [2.05, 4.69) is 4.72 Å². The molecule has 1 aromatic carbocycles. The zero-order valence-electron chi connectivity index (χ0n) is 12.2. The molecule has 0 heterocycles. The lowest BCUT2D eigenvalue weighted by Gasteiger charge is -2.18. The fourth-order valence-corrected chi connectivity index (χ4v) is 4.37. The van der Waals surface area contributed by atoms with Gasteiger partial charge in [0.25, 0.3) is 0 Å². The molecule has 1 aromatic rings. The second-order valence-electron chi connectivity index (χ2n) is 4.85. The van der Waals surface area contributed by atoms with Crippen LogP contribution in [0.4, 0.5) is 10.1 Å². The zero-order chi connectivity index (χ0) is 15.5. The molecule has 0 radical (unpaired) electrons. The standard InChI is InChI=1S/C13H21FN2O2S2/c1-8-7-11(14)12(15)10(3)13(8)20(17,18)16-9(2)5-6-19-4/h7,9,16H,5-6,15H2,1-4H3. The summed E-state index contributed by atoms with van der Waals surface area (Å²) in [6.07, 6.45) is 2.70. The van der Waals surface area contributed by atoms with Crippen LogP contribution >= 0.6 is 11.8 Å². The Morgan fingerprint density at radius 2 is 2.05 bits per heavy atom. The van der Waals surface area contributed by atoms with Gasteiger partial charge in [-0.05, 0) is 56.4 Å². The maximum Gasteiger partial charge on any atom is 0.241 e. The van der Waals surface area contributed by atoms with Crippen molar-refractivity contribution < 1.29 is 12.8 Å². The van der Waals surface area contributed by atoms with E-state index in [0.29, 0.717) is 5.56 Å². The number of anilines is 1. The molecule has 0 fully saturated rings. The van der Waals surface area contributed by atoms with Gasteiger partial charge in [0.15, 0.2) is 0 Å². The Balaban J connectivity index is 3.14. The van der Waals surface area contributed by atoms with Gasteiger partial charge in [0, 0.05) is 6.04 Å². The van der Waals surface area contributed by atoms with E-state index in [1.807, 2.05) is 13.2 Å². The molecular formula is C13H21FN2O2S2. The molecule has 0 saturated carbocycles. The molecule has 0 aromatic heterocycles. The first-order valence-corrected chi connectivity index (χ1v) is 9.14. The SMILES string of the molecule is CSCCC(C)NS(=O)(=O)c1c(C)cc(F)c(N)c1C. The van der Waals surface area contributed by atoms with Gasteiger partial charge in [-0.1, -0.05) is 0 Å². The number of sulfonamides is 1. The summed E-state index contributed by atoms with van der Waals surface area (Å²) in [6, 6.07) is 0.973. The van der Waals surface area contributed by atoms with Gasteiger partial charge in [-0.2, -0.15) is 11.8 Å². The number of nitrogen functional groups attached to an aromatic ring is 1. The van der Waals surface area contributed by atoms with Crippen molar-refractivity contribution in [1.29, 1.82) is 0 Å². The average molecular weight is 320 g/mol. The third-order valence-electron chi connectivity index (χ3n) is 3.08. The predicted octanol–water partition coefficient (Wildman–Crippen LogP) is 2.44. The highest BCUT2D eigenvalue weighted by atomic mass is 32.2. The third-order valence-corrected chi connectivity index (χ3v) is 5.61. The van der Waals surface area contributed by atoms with Crippen LogP contribution in [0.5, 0.6) is 0 Å². The van der Waals surface area contributed by atoms with E-state index in [-0.39, 0.29) is 22.2 Å². The molecule has 0 saturated heterocycles. The molecule has 1 unspecified atom stereocenters. The number of rotatable bonds is 6. The molecule has 0 spiro atoms. The fourth-order valence-electron chi connectivity index (χ4n) is 2.02. The first-order valence-electron chi connectivity index (χ1n) is 6.27. The summed E-state index contributed by atoms with van der Waals surface area (Å²) in [4.78, 5) is 0.0763. The monoisotopic (exact) mass is 320 g/mol. The Hall–Kier alpha value is -0.790. The van der Waals surface area contributed by atoms with E-state index in [1.54, 1.807) is 18.7 Å². The fraction of sp³-hybridized carbons (Fsp3) is 0.538. The van der Waals surface area contributed by atoms with Gasteiger partial charge in [0.05, 0.1) is 10.6 Å². The topological polar surface area (TPSA) is 72.2 Å². The van der Waals surface area contributed by atoms with Crippen LogP contribution in [0.3, 0.4) is 0 Å². The van der Waals surface area contributed by atoms with Crippen LogP contribution in [0.25, 0.3) is 0 Å². The summed E-state index contributed by atoms with van der Waals surface area (Å²) in [7, 11) is -3.70. The molecule has 114 valence electrons. The maximum absolute atomic E-state index is 13.5. The zero-order valence-corrected chi connectivity index (χ0v) is 13.8. The average Bonchev–Trinajstić information content (AvgIpc) is 2.32. The molecule has 1 rings (SSSR count). The Morgan fingerprint density at radius 1 is 1.45 bits per heavy atom. The van der Waals surface area contributed by atoms with Crippen molar-refractivity contribution in [2.45, 2.75) is 38.1 Å². The number of hydrogen-bond acceptors (Lipinski definition) is 4. The summed E-state index contributed by atoms with van der Waals surface area (Å²) < 4.78 is 40.9. The highest BCUT2D eigenvalue weighted by molar-refractivity contribution is 7.98. The number of nitrogens with two attached hydrogens (primary N) is 1. The van der Waals surface area contributed by atoms with Crippen LogP contribution in [0.15, 0.2) is 11.0 Å². The summed E-state index contributed by atoms with van der Waals surface area (Å²) in [5.41, 5.74) is 6.09. The van der Waals surface area contributed by atoms with E-state index >= 15 is 0 Å². The van der Waals surface area contributed by atoms with Crippen molar-refractivity contribution in [3.63, 3.8) is 0 Å². The summed E-state index contributed by atoms with van der Waals surface area (Å²) in [5, 5.41) is 0.